The summed E-state index contributed by atoms with van der Waals surface area (Å²) in [6, 6.07) is 9.38. The van der Waals surface area contributed by atoms with Crippen molar-refractivity contribution in [3.63, 3.8) is 0 Å². The summed E-state index contributed by atoms with van der Waals surface area (Å²) in [6.45, 7) is 0.376. The number of nitrogens with zero attached hydrogens (tertiary/aromatic N) is 2. The molecular formula is C13H7BrN2O. The number of ether oxygens (including phenoxy) is 1. The molecule has 0 unspecified atom stereocenters. The molecule has 1 heterocycles. The highest BCUT2D eigenvalue weighted by Gasteiger charge is 2.10. The molecule has 1 aromatic rings. The SMILES string of the molecule is N#CC(C#N)=CC1=Cc2cc(Br)ccc2OC1. The number of hydrogen-bond donors (Lipinski definition) is 0. The van der Waals surface area contributed by atoms with Crippen LogP contribution in [0.3, 0.4) is 0 Å². The van der Waals surface area contributed by atoms with Crippen LogP contribution < -0.4 is 4.74 Å². The number of halogens is 1. The molecule has 0 amide bonds. The molecule has 1 aromatic carbocycles. The van der Waals surface area contributed by atoms with Crippen LogP contribution in [0.4, 0.5) is 0 Å². The molecule has 17 heavy (non-hydrogen) atoms. The lowest BCUT2D eigenvalue weighted by molar-refractivity contribution is 0.351. The molecule has 0 N–H and O–H groups in total. The fourth-order valence-electron chi connectivity index (χ4n) is 1.52. The van der Waals surface area contributed by atoms with Gasteiger partial charge in [-0.3, -0.25) is 0 Å². The lowest BCUT2D eigenvalue weighted by atomic mass is 10.1. The molecule has 2 rings (SSSR count). The molecule has 0 atom stereocenters. The molecule has 0 bridgehead atoms. The molecule has 0 aliphatic carbocycles. The molecule has 0 spiro atoms. The van der Waals surface area contributed by atoms with Crippen molar-refractivity contribution in [3.05, 3.63) is 45.5 Å². The van der Waals surface area contributed by atoms with E-state index in [2.05, 4.69) is 15.9 Å². The lowest BCUT2D eigenvalue weighted by Crippen LogP contribution is -2.06. The zero-order chi connectivity index (χ0) is 12.3. The third kappa shape index (κ3) is 2.55. The summed E-state index contributed by atoms with van der Waals surface area (Å²) in [4.78, 5) is 0. The number of fused-ring (bicyclic) bond motifs is 1. The number of allylic oxidation sites excluding steroid dienone is 1. The van der Waals surface area contributed by atoms with Gasteiger partial charge in [-0.1, -0.05) is 15.9 Å². The number of nitriles is 2. The molecule has 82 valence electrons. The van der Waals surface area contributed by atoms with Gasteiger partial charge in [0, 0.05) is 10.0 Å². The maximum atomic E-state index is 8.68. The van der Waals surface area contributed by atoms with E-state index in [4.69, 9.17) is 15.3 Å². The Kier molecular flexibility index (Phi) is 3.27. The van der Waals surface area contributed by atoms with Crippen LogP contribution in [0.5, 0.6) is 5.75 Å². The van der Waals surface area contributed by atoms with Crippen LogP contribution in [0.25, 0.3) is 6.08 Å². The predicted octanol–water partition coefficient (Wildman–Crippen LogP) is 3.20. The second-order valence-corrected chi connectivity index (χ2v) is 4.39. The van der Waals surface area contributed by atoms with Gasteiger partial charge >= 0.3 is 0 Å². The molecule has 3 nitrogen and oxygen atoms in total. The third-order valence-electron chi connectivity index (χ3n) is 2.28. The Morgan fingerprint density at radius 1 is 1.35 bits per heavy atom. The average Bonchev–Trinajstić information content (AvgIpc) is 2.35. The van der Waals surface area contributed by atoms with Crippen LogP contribution in [0.2, 0.25) is 0 Å². The average molecular weight is 287 g/mol. The highest BCUT2D eigenvalue weighted by molar-refractivity contribution is 9.10. The van der Waals surface area contributed by atoms with Crippen molar-refractivity contribution in [3.8, 4) is 17.9 Å². The van der Waals surface area contributed by atoms with Crippen LogP contribution in [0.15, 0.2) is 39.9 Å². The molecule has 0 saturated heterocycles. The number of hydrogen-bond acceptors (Lipinski definition) is 3. The van der Waals surface area contributed by atoms with E-state index in [0.29, 0.717) is 6.61 Å². The van der Waals surface area contributed by atoms with Crippen molar-refractivity contribution in [1.82, 2.24) is 0 Å². The number of rotatable bonds is 1. The van der Waals surface area contributed by atoms with Gasteiger partial charge in [-0.05, 0) is 35.9 Å². The van der Waals surface area contributed by atoms with Crippen molar-refractivity contribution in [2.24, 2.45) is 0 Å². The Morgan fingerprint density at radius 3 is 2.82 bits per heavy atom. The van der Waals surface area contributed by atoms with Gasteiger partial charge in [0.2, 0.25) is 0 Å². The van der Waals surface area contributed by atoms with Crippen molar-refractivity contribution >= 4 is 22.0 Å². The fraction of sp³-hybridized carbons (Fsp3) is 0.0769. The summed E-state index contributed by atoms with van der Waals surface area (Å²) in [7, 11) is 0. The zero-order valence-electron chi connectivity index (χ0n) is 8.77. The normalized spacial score (nSPS) is 12.3. The first-order chi connectivity index (χ1) is 8.22. The molecule has 0 radical (unpaired) electrons. The Hall–Kier alpha value is -2.04. The molecule has 1 aliphatic rings. The molecule has 0 saturated carbocycles. The van der Waals surface area contributed by atoms with E-state index in [1.54, 1.807) is 6.08 Å². The minimum Gasteiger partial charge on any atom is -0.488 e. The quantitative estimate of drug-likeness (QED) is 0.745. The van der Waals surface area contributed by atoms with E-state index in [9.17, 15) is 0 Å². The lowest BCUT2D eigenvalue weighted by Gasteiger charge is -2.16. The number of benzene rings is 1. The van der Waals surface area contributed by atoms with Gasteiger partial charge in [0.15, 0.2) is 0 Å². The minimum atomic E-state index is 0.0818. The summed E-state index contributed by atoms with van der Waals surface area (Å²) >= 11 is 3.38. The van der Waals surface area contributed by atoms with E-state index >= 15 is 0 Å². The predicted molar refractivity (Wildman–Crippen MR) is 66.9 cm³/mol. The van der Waals surface area contributed by atoms with Gasteiger partial charge in [-0.15, -0.1) is 0 Å². The van der Waals surface area contributed by atoms with Crippen molar-refractivity contribution in [1.29, 1.82) is 10.5 Å². The zero-order valence-corrected chi connectivity index (χ0v) is 10.4. The fourth-order valence-corrected chi connectivity index (χ4v) is 1.90. The second kappa shape index (κ2) is 4.86. The smallest absolute Gasteiger partial charge is 0.130 e. The van der Waals surface area contributed by atoms with Crippen molar-refractivity contribution in [2.45, 2.75) is 0 Å². The standard InChI is InChI=1S/C13H7BrN2O/c14-12-1-2-13-11(5-12)4-9(8-17-13)3-10(6-15)7-16/h1-5H,8H2. The molecule has 4 heteroatoms. The second-order valence-electron chi connectivity index (χ2n) is 3.47. The van der Waals surface area contributed by atoms with E-state index in [0.717, 1.165) is 21.4 Å². The van der Waals surface area contributed by atoms with Crippen molar-refractivity contribution in [2.75, 3.05) is 6.61 Å². The first-order valence-electron chi connectivity index (χ1n) is 4.88. The minimum absolute atomic E-state index is 0.0818. The van der Waals surface area contributed by atoms with Gasteiger partial charge < -0.3 is 4.74 Å². The van der Waals surface area contributed by atoms with Gasteiger partial charge in [0.25, 0.3) is 0 Å². The van der Waals surface area contributed by atoms with E-state index < -0.39 is 0 Å². The molecule has 0 fully saturated rings. The summed E-state index contributed by atoms with van der Waals surface area (Å²) < 4.78 is 6.49. The summed E-state index contributed by atoms with van der Waals surface area (Å²) in [6.07, 6.45) is 3.46. The monoisotopic (exact) mass is 286 g/mol. The van der Waals surface area contributed by atoms with Crippen LogP contribution >= 0.6 is 15.9 Å². The highest BCUT2D eigenvalue weighted by atomic mass is 79.9. The maximum absolute atomic E-state index is 8.68. The van der Waals surface area contributed by atoms with E-state index in [-0.39, 0.29) is 5.57 Å². The Labute approximate surface area is 107 Å². The molecular weight excluding hydrogens is 280 g/mol. The van der Waals surface area contributed by atoms with Gasteiger partial charge in [-0.2, -0.15) is 10.5 Å². The maximum Gasteiger partial charge on any atom is 0.130 e. The Morgan fingerprint density at radius 2 is 2.12 bits per heavy atom. The van der Waals surface area contributed by atoms with Gasteiger partial charge in [-0.25, -0.2) is 0 Å². The van der Waals surface area contributed by atoms with Gasteiger partial charge in [0.05, 0.1) is 0 Å². The Balaban J connectivity index is 2.40. The summed E-state index contributed by atoms with van der Waals surface area (Å²) in [5.74, 6) is 0.806. The van der Waals surface area contributed by atoms with Crippen LogP contribution in [0.1, 0.15) is 5.56 Å². The van der Waals surface area contributed by atoms with Gasteiger partial charge in [0.1, 0.15) is 30.1 Å². The highest BCUT2D eigenvalue weighted by Crippen LogP contribution is 2.29. The molecule has 1 aliphatic heterocycles. The van der Waals surface area contributed by atoms with Crippen LogP contribution in [0, 0.1) is 22.7 Å². The largest absolute Gasteiger partial charge is 0.488 e. The third-order valence-corrected chi connectivity index (χ3v) is 2.77. The molecule has 0 aromatic heterocycles. The van der Waals surface area contributed by atoms with E-state index in [1.165, 1.54) is 0 Å². The first kappa shape index (κ1) is 11.4. The topological polar surface area (TPSA) is 56.8 Å². The first-order valence-corrected chi connectivity index (χ1v) is 5.67. The van der Waals surface area contributed by atoms with Crippen LogP contribution in [-0.2, 0) is 0 Å². The Bertz CT molecular complexity index is 587. The van der Waals surface area contributed by atoms with Crippen molar-refractivity contribution < 1.29 is 4.74 Å². The summed E-state index contributed by atoms with van der Waals surface area (Å²) in [5.41, 5.74) is 1.83. The van der Waals surface area contributed by atoms with Crippen LogP contribution in [-0.4, -0.2) is 6.61 Å². The summed E-state index contributed by atoms with van der Waals surface area (Å²) in [5, 5.41) is 17.4. The van der Waals surface area contributed by atoms with E-state index in [1.807, 2.05) is 36.4 Å².